The van der Waals surface area contributed by atoms with E-state index < -0.39 is 0 Å². The summed E-state index contributed by atoms with van der Waals surface area (Å²) in [5.41, 5.74) is 1.06. The molecule has 2 rings (SSSR count). The molecule has 1 fully saturated rings. The summed E-state index contributed by atoms with van der Waals surface area (Å²) in [6.07, 6.45) is 5.13. The first-order chi connectivity index (χ1) is 12.0. The molecular weight excluding hydrogens is 342 g/mol. The van der Waals surface area contributed by atoms with Crippen LogP contribution < -0.4 is 16.0 Å². The van der Waals surface area contributed by atoms with Crippen LogP contribution in [0.4, 0.5) is 16.2 Å². The number of carbonyl (C=O) groups excluding carboxylic acids is 2. The molecule has 0 aliphatic heterocycles. The minimum atomic E-state index is -0.316. The number of nitrogens with one attached hydrogen (secondary N) is 3. The van der Waals surface area contributed by atoms with Crippen LogP contribution in [-0.2, 0) is 9.53 Å². The number of benzene rings is 1. The molecule has 3 N–H and O–H groups in total. The molecule has 0 aromatic heterocycles. The van der Waals surface area contributed by atoms with E-state index in [4.69, 9.17) is 16.3 Å². The summed E-state index contributed by atoms with van der Waals surface area (Å²) < 4.78 is 5.86. The van der Waals surface area contributed by atoms with Gasteiger partial charge in [-0.25, -0.2) is 4.79 Å². The largest absolute Gasteiger partial charge is 0.376 e. The van der Waals surface area contributed by atoms with Gasteiger partial charge in [0.1, 0.15) is 0 Å². The van der Waals surface area contributed by atoms with Gasteiger partial charge in [-0.15, -0.1) is 0 Å². The first kappa shape index (κ1) is 19.5. The van der Waals surface area contributed by atoms with E-state index in [9.17, 15) is 9.59 Å². The van der Waals surface area contributed by atoms with Crippen molar-refractivity contribution in [2.75, 3.05) is 23.8 Å². The maximum absolute atomic E-state index is 11.9. The molecule has 0 heterocycles. The number of hydrogen-bond donors (Lipinski definition) is 3. The molecule has 0 spiro atoms. The van der Waals surface area contributed by atoms with Crippen molar-refractivity contribution < 1.29 is 14.3 Å². The SMILES string of the molecule is CC(=O)Nc1ccc(NC(=O)NCCO[C@@H]2CCCC[C@@H]2C)cc1Cl. The van der Waals surface area contributed by atoms with Crippen LogP contribution in [0.2, 0.25) is 5.02 Å². The molecule has 7 heteroatoms. The second-order valence-corrected chi connectivity index (χ2v) is 6.83. The van der Waals surface area contributed by atoms with Crippen molar-refractivity contribution in [1.29, 1.82) is 0 Å². The van der Waals surface area contributed by atoms with Crippen molar-refractivity contribution >= 4 is 34.9 Å². The third kappa shape index (κ3) is 6.55. The summed E-state index contributed by atoms with van der Waals surface area (Å²) in [5, 5.41) is 8.45. The Morgan fingerprint density at radius 3 is 2.68 bits per heavy atom. The Bertz CT molecular complexity index is 609. The maximum Gasteiger partial charge on any atom is 0.319 e. The molecule has 1 aromatic rings. The Morgan fingerprint density at radius 2 is 2.00 bits per heavy atom. The van der Waals surface area contributed by atoms with Gasteiger partial charge >= 0.3 is 6.03 Å². The van der Waals surface area contributed by atoms with Crippen LogP contribution in [0.5, 0.6) is 0 Å². The van der Waals surface area contributed by atoms with E-state index in [1.165, 1.54) is 26.2 Å². The first-order valence-electron chi connectivity index (χ1n) is 8.69. The fraction of sp³-hybridized carbons (Fsp3) is 0.556. The quantitative estimate of drug-likeness (QED) is 0.664. The van der Waals surface area contributed by atoms with Crippen LogP contribution in [0.15, 0.2) is 18.2 Å². The predicted octanol–water partition coefficient (Wildman–Crippen LogP) is 4.02. The molecule has 2 atom stereocenters. The van der Waals surface area contributed by atoms with Crippen LogP contribution >= 0.6 is 11.6 Å². The van der Waals surface area contributed by atoms with Crippen LogP contribution in [0.3, 0.4) is 0 Å². The summed E-state index contributed by atoms with van der Waals surface area (Å²) in [4.78, 5) is 23.0. The lowest BCUT2D eigenvalue weighted by Crippen LogP contribution is -2.34. The van der Waals surface area contributed by atoms with Crippen molar-refractivity contribution in [2.24, 2.45) is 5.92 Å². The van der Waals surface area contributed by atoms with Crippen LogP contribution in [0, 0.1) is 5.92 Å². The average Bonchev–Trinajstić information content (AvgIpc) is 2.55. The first-order valence-corrected chi connectivity index (χ1v) is 9.07. The number of rotatable bonds is 6. The smallest absolute Gasteiger partial charge is 0.319 e. The van der Waals surface area contributed by atoms with Gasteiger partial charge in [0.25, 0.3) is 0 Å². The Balaban J connectivity index is 1.71. The zero-order valence-corrected chi connectivity index (χ0v) is 15.5. The Labute approximate surface area is 153 Å². The van der Waals surface area contributed by atoms with E-state index in [1.807, 2.05) is 0 Å². The van der Waals surface area contributed by atoms with Crippen molar-refractivity contribution in [3.8, 4) is 0 Å². The number of carbonyl (C=O) groups is 2. The number of hydrogen-bond acceptors (Lipinski definition) is 3. The number of halogens is 1. The van der Waals surface area contributed by atoms with Gasteiger partial charge in [0, 0.05) is 19.2 Å². The van der Waals surface area contributed by atoms with Crippen molar-refractivity contribution in [3.63, 3.8) is 0 Å². The maximum atomic E-state index is 11.9. The summed E-state index contributed by atoms with van der Waals surface area (Å²) in [5.74, 6) is 0.388. The van der Waals surface area contributed by atoms with Gasteiger partial charge in [-0.1, -0.05) is 31.4 Å². The molecule has 25 heavy (non-hydrogen) atoms. The zero-order chi connectivity index (χ0) is 18.2. The molecule has 0 bridgehead atoms. The van der Waals surface area contributed by atoms with Gasteiger partial charge in [-0.2, -0.15) is 0 Å². The van der Waals surface area contributed by atoms with Crippen LogP contribution in [-0.4, -0.2) is 31.2 Å². The van der Waals surface area contributed by atoms with Crippen LogP contribution in [0.25, 0.3) is 0 Å². The second kappa shape index (κ2) is 9.63. The molecule has 0 unspecified atom stereocenters. The molecule has 0 saturated heterocycles. The zero-order valence-electron chi connectivity index (χ0n) is 14.7. The number of urea groups is 1. The van der Waals surface area contributed by atoms with E-state index in [1.54, 1.807) is 18.2 Å². The Kier molecular flexibility index (Phi) is 7.52. The lowest BCUT2D eigenvalue weighted by molar-refractivity contribution is -0.114. The van der Waals surface area contributed by atoms with Gasteiger partial charge in [-0.3, -0.25) is 4.79 Å². The number of ether oxygens (including phenoxy) is 1. The summed E-state index contributed by atoms with van der Waals surface area (Å²) in [7, 11) is 0. The van der Waals surface area contributed by atoms with E-state index >= 15 is 0 Å². The van der Waals surface area contributed by atoms with Gasteiger partial charge < -0.3 is 20.7 Å². The van der Waals surface area contributed by atoms with E-state index in [0.29, 0.717) is 41.6 Å². The lowest BCUT2D eigenvalue weighted by Gasteiger charge is -2.28. The number of amides is 3. The monoisotopic (exact) mass is 367 g/mol. The fourth-order valence-electron chi connectivity index (χ4n) is 2.96. The molecule has 1 aliphatic rings. The average molecular weight is 368 g/mol. The van der Waals surface area contributed by atoms with Crippen molar-refractivity contribution in [1.82, 2.24) is 5.32 Å². The van der Waals surface area contributed by atoms with E-state index in [-0.39, 0.29) is 11.9 Å². The lowest BCUT2D eigenvalue weighted by atomic mass is 9.88. The normalized spacial score (nSPS) is 20.0. The molecule has 1 saturated carbocycles. The molecule has 1 aliphatic carbocycles. The third-order valence-corrected chi connectivity index (χ3v) is 4.60. The highest BCUT2D eigenvalue weighted by molar-refractivity contribution is 6.34. The van der Waals surface area contributed by atoms with Gasteiger partial charge in [0.05, 0.1) is 23.4 Å². The summed E-state index contributed by atoms with van der Waals surface area (Å²) in [6.45, 7) is 4.59. The van der Waals surface area contributed by atoms with Crippen molar-refractivity contribution in [2.45, 2.75) is 45.6 Å². The van der Waals surface area contributed by atoms with Gasteiger partial charge in [0.15, 0.2) is 0 Å². The number of anilines is 2. The second-order valence-electron chi connectivity index (χ2n) is 6.43. The standard InChI is InChI=1S/C18H26ClN3O3/c1-12-5-3-4-6-17(12)25-10-9-20-18(24)22-14-7-8-16(15(19)11-14)21-13(2)23/h7-8,11-12,17H,3-6,9-10H2,1-2H3,(H,21,23)(H2,20,22,24)/t12-,17+/m0/s1. The van der Waals surface area contributed by atoms with Gasteiger partial charge in [-0.05, 0) is 37.0 Å². The predicted molar refractivity (Wildman–Crippen MR) is 100 cm³/mol. The molecule has 0 radical (unpaired) electrons. The van der Waals surface area contributed by atoms with E-state index in [2.05, 4.69) is 22.9 Å². The van der Waals surface area contributed by atoms with Crippen LogP contribution in [0.1, 0.15) is 39.5 Å². The Hall–Kier alpha value is -1.79. The highest BCUT2D eigenvalue weighted by atomic mass is 35.5. The molecule has 138 valence electrons. The molecule has 6 nitrogen and oxygen atoms in total. The highest BCUT2D eigenvalue weighted by Crippen LogP contribution is 2.26. The summed E-state index contributed by atoms with van der Waals surface area (Å²) >= 11 is 6.08. The molecule has 1 aromatic carbocycles. The minimum absolute atomic E-state index is 0.201. The van der Waals surface area contributed by atoms with E-state index in [0.717, 1.165) is 6.42 Å². The fourth-order valence-corrected chi connectivity index (χ4v) is 3.19. The highest BCUT2D eigenvalue weighted by Gasteiger charge is 2.21. The molecule has 3 amide bonds. The summed E-state index contributed by atoms with van der Waals surface area (Å²) in [6, 6.07) is 4.60. The third-order valence-electron chi connectivity index (χ3n) is 4.29. The minimum Gasteiger partial charge on any atom is -0.376 e. The Morgan fingerprint density at radius 1 is 1.24 bits per heavy atom. The van der Waals surface area contributed by atoms with Crippen molar-refractivity contribution in [3.05, 3.63) is 23.2 Å². The van der Waals surface area contributed by atoms with Gasteiger partial charge in [0.2, 0.25) is 5.91 Å². The molecular formula is C18H26ClN3O3. The topological polar surface area (TPSA) is 79.5 Å².